The topological polar surface area (TPSA) is 58.6 Å². The number of nitrogens with zero attached hydrogens (tertiary/aromatic N) is 1. The first-order valence-electron chi connectivity index (χ1n) is 9.00. The Hall–Kier alpha value is -2.34. The molecule has 1 heterocycles. The standard InChI is InChI=1S/C21H23BrN2O3/c1-4-27-17-7-5-16(6-8-17)24-12-15(11-20(24)25)21(26)23-19-10-13(2)18(22)9-14(19)3/h5-10,15H,4,11-12H2,1-3H3,(H,23,26)/t15-/m0/s1. The Kier molecular flexibility index (Phi) is 5.85. The molecule has 1 atom stereocenters. The van der Waals surface area contributed by atoms with E-state index in [4.69, 9.17) is 4.74 Å². The van der Waals surface area contributed by atoms with Gasteiger partial charge in [0.25, 0.3) is 0 Å². The Balaban J connectivity index is 1.69. The van der Waals surface area contributed by atoms with Gasteiger partial charge < -0.3 is 15.0 Å². The quantitative estimate of drug-likeness (QED) is 0.761. The Labute approximate surface area is 167 Å². The van der Waals surface area contributed by atoms with Crippen molar-refractivity contribution in [3.63, 3.8) is 0 Å². The number of anilines is 2. The second-order valence-corrected chi connectivity index (χ2v) is 7.59. The summed E-state index contributed by atoms with van der Waals surface area (Å²) in [6, 6.07) is 11.3. The van der Waals surface area contributed by atoms with Gasteiger partial charge in [0, 0.05) is 28.8 Å². The number of hydrogen-bond acceptors (Lipinski definition) is 3. The molecule has 5 nitrogen and oxygen atoms in total. The van der Waals surface area contributed by atoms with Crippen molar-refractivity contribution >= 4 is 39.1 Å². The number of hydrogen-bond donors (Lipinski definition) is 1. The molecule has 0 aliphatic carbocycles. The fourth-order valence-corrected chi connectivity index (χ4v) is 3.63. The lowest BCUT2D eigenvalue weighted by Gasteiger charge is -2.17. The minimum absolute atomic E-state index is 0.0389. The van der Waals surface area contributed by atoms with Crippen molar-refractivity contribution in [2.75, 3.05) is 23.4 Å². The zero-order chi connectivity index (χ0) is 19.6. The van der Waals surface area contributed by atoms with Gasteiger partial charge in [0.05, 0.1) is 12.5 Å². The average molecular weight is 431 g/mol. The van der Waals surface area contributed by atoms with E-state index in [9.17, 15) is 9.59 Å². The fourth-order valence-electron chi connectivity index (χ4n) is 3.17. The summed E-state index contributed by atoms with van der Waals surface area (Å²) in [5.74, 6) is 0.236. The van der Waals surface area contributed by atoms with Gasteiger partial charge in [-0.3, -0.25) is 9.59 Å². The molecule has 0 spiro atoms. The lowest BCUT2D eigenvalue weighted by atomic mass is 10.1. The number of benzene rings is 2. The molecule has 3 rings (SSSR count). The maximum absolute atomic E-state index is 12.7. The van der Waals surface area contributed by atoms with Gasteiger partial charge in [-0.2, -0.15) is 0 Å². The summed E-state index contributed by atoms with van der Waals surface area (Å²) >= 11 is 3.50. The summed E-state index contributed by atoms with van der Waals surface area (Å²) in [7, 11) is 0. The molecule has 1 saturated heterocycles. The van der Waals surface area contributed by atoms with E-state index in [0.29, 0.717) is 13.2 Å². The predicted molar refractivity (Wildman–Crippen MR) is 110 cm³/mol. The first-order valence-corrected chi connectivity index (χ1v) is 9.79. The minimum Gasteiger partial charge on any atom is -0.494 e. The lowest BCUT2D eigenvalue weighted by Crippen LogP contribution is -2.28. The Bertz CT molecular complexity index is 864. The summed E-state index contributed by atoms with van der Waals surface area (Å²) in [4.78, 5) is 26.8. The van der Waals surface area contributed by atoms with Crippen LogP contribution in [0.25, 0.3) is 0 Å². The SMILES string of the molecule is CCOc1ccc(N2C[C@@H](C(=O)Nc3cc(C)c(Br)cc3C)CC2=O)cc1. The van der Waals surface area contributed by atoms with Crippen molar-refractivity contribution in [1.82, 2.24) is 0 Å². The first-order chi connectivity index (χ1) is 12.9. The molecule has 1 fully saturated rings. The second kappa shape index (κ2) is 8.13. The van der Waals surface area contributed by atoms with Crippen molar-refractivity contribution < 1.29 is 14.3 Å². The molecule has 0 radical (unpaired) electrons. The van der Waals surface area contributed by atoms with Crippen LogP contribution in [0.5, 0.6) is 5.75 Å². The van der Waals surface area contributed by atoms with E-state index in [1.165, 1.54) is 0 Å². The van der Waals surface area contributed by atoms with Gasteiger partial charge in [0.15, 0.2) is 0 Å². The average Bonchev–Trinajstić information content (AvgIpc) is 3.02. The van der Waals surface area contributed by atoms with Gasteiger partial charge in [-0.1, -0.05) is 15.9 Å². The van der Waals surface area contributed by atoms with E-state index in [0.717, 1.165) is 32.7 Å². The van der Waals surface area contributed by atoms with E-state index in [1.54, 1.807) is 4.90 Å². The lowest BCUT2D eigenvalue weighted by molar-refractivity contribution is -0.122. The van der Waals surface area contributed by atoms with Crippen LogP contribution in [-0.4, -0.2) is 25.0 Å². The van der Waals surface area contributed by atoms with Crippen LogP contribution in [0.1, 0.15) is 24.5 Å². The molecule has 6 heteroatoms. The van der Waals surface area contributed by atoms with Crippen LogP contribution in [0.3, 0.4) is 0 Å². The van der Waals surface area contributed by atoms with Gasteiger partial charge in [-0.25, -0.2) is 0 Å². The van der Waals surface area contributed by atoms with Gasteiger partial charge in [-0.05, 0) is 68.3 Å². The molecule has 0 unspecified atom stereocenters. The van der Waals surface area contributed by atoms with Gasteiger partial charge in [-0.15, -0.1) is 0 Å². The maximum atomic E-state index is 12.7. The van der Waals surface area contributed by atoms with Crippen molar-refractivity contribution in [2.45, 2.75) is 27.2 Å². The number of rotatable bonds is 5. The molecular weight excluding hydrogens is 408 g/mol. The van der Waals surface area contributed by atoms with Crippen molar-refractivity contribution in [1.29, 1.82) is 0 Å². The highest BCUT2D eigenvalue weighted by Crippen LogP contribution is 2.29. The van der Waals surface area contributed by atoms with Gasteiger partial charge in [0.2, 0.25) is 11.8 Å². The Morgan fingerprint density at radius 2 is 1.93 bits per heavy atom. The molecule has 2 amide bonds. The van der Waals surface area contributed by atoms with Gasteiger partial charge >= 0.3 is 0 Å². The molecule has 142 valence electrons. The summed E-state index contributed by atoms with van der Waals surface area (Å²) < 4.78 is 6.44. The van der Waals surface area contributed by atoms with Crippen LogP contribution < -0.4 is 15.0 Å². The van der Waals surface area contributed by atoms with Crippen LogP contribution in [0.15, 0.2) is 40.9 Å². The molecule has 0 saturated carbocycles. The summed E-state index contributed by atoms with van der Waals surface area (Å²) in [5.41, 5.74) is 3.60. The number of carbonyl (C=O) groups excluding carboxylic acids is 2. The number of amides is 2. The third-order valence-corrected chi connectivity index (χ3v) is 5.57. The molecule has 2 aromatic carbocycles. The highest BCUT2D eigenvalue weighted by atomic mass is 79.9. The van der Waals surface area contributed by atoms with Crippen LogP contribution in [0, 0.1) is 19.8 Å². The maximum Gasteiger partial charge on any atom is 0.229 e. The Morgan fingerprint density at radius 3 is 2.59 bits per heavy atom. The third kappa shape index (κ3) is 4.33. The number of carbonyl (C=O) groups is 2. The number of ether oxygens (including phenoxy) is 1. The molecule has 1 aliphatic heterocycles. The zero-order valence-corrected chi connectivity index (χ0v) is 17.3. The third-order valence-electron chi connectivity index (χ3n) is 4.72. The van der Waals surface area contributed by atoms with Crippen molar-refractivity contribution in [2.24, 2.45) is 5.92 Å². The van der Waals surface area contributed by atoms with Gasteiger partial charge in [0.1, 0.15) is 5.75 Å². The van der Waals surface area contributed by atoms with E-state index < -0.39 is 0 Å². The number of aryl methyl sites for hydroxylation is 2. The van der Waals surface area contributed by atoms with E-state index >= 15 is 0 Å². The monoisotopic (exact) mass is 430 g/mol. The summed E-state index contributed by atoms with van der Waals surface area (Å²) in [6.45, 7) is 6.83. The molecule has 1 N–H and O–H groups in total. The van der Waals surface area contributed by atoms with Crippen molar-refractivity contribution in [3.8, 4) is 5.75 Å². The first kappa shape index (κ1) is 19.4. The van der Waals surface area contributed by atoms with Crippen LogP contribution in [0.4, 0.5) is 11.4 Å². The smallest absolute Gasteiger partial charge is 0.229 e. The molecule has 0 bridgehead atoms. The number of halogens is 1. The Morgan fingerprint density at radius 1 is 1.22 bits per heavy atom. The second-order valence-electron chi connectivity index (χ2n) is 6.74. The zero-order valence-electron chi connectivity index (χ0n) is 15.7. The van der Waals surface area contributed by atoms with Crippen LogP contribution >= 0.6 is 15.9 Å². The molecule has 1 aliphatic rings. The minimum atomic E-state index is -0.368. The largest absolute Gasteiger partial charge is 0.494 e. The number of nitrogens with one attached hydrogen (secondary N) is 1. The molecular formula is C21H23BrN2O3. The highest BCUT2D eigenvalue weighted by molar-refractivity contribution is 9.10. The summed E-state index contributed by atoms with van der Waals surface area (Å²) in [5, 5.41) is 2.98. The predicted octanol–water partition coefficient (Wildman–Crippen LogP) is 4.46. The van der Waals surface area contributed by atoms with E-state index in [1.807, 2.05) is 57.2 Å². The molecule has 0 aromatic heterocycles. The summed E-state index contributed by atoms with van der Waals surface area (Å²) in [6.07, 6.45) is 0.216. The normalized spacial score (nSPS) is 16.5. The molecule has 2 aromatic rings. The van der Waals surface area contributed by atoms with E-state index in [-0.39, 0.29) is 24.2 Å². The van der Waals surface area contributed by atoms with Crippen molar-refractivity contribution in [3.05, 3.63) is 52.0 Å². The molecule has 27 heavy (non-hydrogen) atoms. The van der Waals surface area contributed by atoms with Crippen LogP contribution in [0.2, 0.25) is 0 Å². The van der Waals surface area contributed by atoms with E-state index in [2.05, 4.69) is 21.2 Å². The highest BCUT2D eigenvalue weighted by Gasteiger charge is 2.35. The fraction of sp³-hybridized carbons (Fsp3) is 0.333. The van der Waals surface area contributed by atoms with Crippen LogP contribution in [-0.2, 0) is 9.59 Å².